The molecule has 6 heteroatoms. The van der Waals surface area contributed by atoms with Crippen molar-refractivity contribution in [1.82, 2.24) is 5.32 Å². The van der Waals surface area contributed by atoms with Crippen LogP contribution in [-0.4, -0.2) is 17.5 Å². The molecule has 1 aromatic carbocycles. The van der Waals surface area contributed by atoms with Crippen LogP contribution in [0.2, 0.25) is 0 Å². The normalized spacial score (nSPS) is 11.1. The Kier molecular flexibility index (Phi) is 5.81. The molecule has 0 bridgehead atoms. The van der Waals surface area contributed by atoms with E-state index in [9.17, 15) is 18.4 Å². The standard InChI is InChI=1S/C15H19F2NO3/c1-15(2,3)21-14(20)7-6-13(19)18-9-10-8-11(16)4-5-12(10)17/h4-5,8H,6-7,9H2,1-3H3,(H,18,19). The number of esters is 1. The van der Waals surface area contributed by atoms with Gasteiger partial charge < -0.3 is 10.1 Å². The molecule has 0 aliphatic heterocycles. The second-order valence-corrected chi connectivity index (χ2v) is 5.60. The second kappa shape index (κ2) is 7.15. The Morgan fingerprint density at radius 2 is 1.86 bits per heavy atom. The number of benzene rings is 1. The topological polar surface area (TPSA) is 55.4 Å². The fourth-order valence-corrected chi connectivity index (χ4v) is 1.57. The fraction of sp³-hybridized carbons (Fsp3) is 0.467. The van der Waals surface area contributed by atoms with E-state index >= 15 is 0 Å². The summed E-state index contributed by atoms with van der Waals surface area (Å²) in [5.74, 6) is -2.07. The molecule has 1 aromatic rings. The number of halogens is 2. The lowest BCUT2D eigenvalue weighted by Gasteiger charge is -2.19. The van der Waals surface area contributed by atoms with E-state index < -0.39 is 29.1 Å². The average molecular weight is 299 g/mol. The molecule has 0 heterocycles. The Balaban J connectivity index is 2.38. The minimum atomic E-state index is -0.599. The zero-order valence-electron chi connectivity index (χ0n) is 12.3. The van der Waals surface area contributed by atoms with Crippen molar-refractivity contribution in [1.29, 1.82) is 0 Å². The van der Waals surface area contributed by atoms with Gasteiger partial charge in [0.05, 0.1) is 6.42 Å². The number of amides is 1. The van der Waals surface area contributed by atoms with Crippen LogP contribution >= 0.6 is 0 Å². The highest BCUT2D eigenvalue weighted by Gasteiger charge is 2.17. The molecule has 0 aliphatic rings. The third-order valence-corrected chi connectivity index (χ3v) is 2.46. The van der Waals surface area contributed by atoms with Crippen molar-refractivity contribution in [2.75, 3.05) is 0 Å². The molecule has 21 heavy (non-hydrogen) atoms. The second-order valence-electron chi connectivity index (χ2n) is 5.60. The van der Waals surface area contributed by atoms with Crippen molar-refractivity contribution >= 4 is 11.9 Å². The van der Waals surface area contributed by atoms with E-state index in [0.717, 1.165) is 18.2 Å². The minimum Gasteiger partial charge on any atom is -0.460 e. The van der Waals surface area contributed by atoms with Crippen LogP contribution in [0.5, 0.6) is 0 Å². The number of carbonyl (C=O) groups excluding carboxylic acids is 2. The molecule has 4 nitrogen and oxygen atoms in total. The highest BCUT2D eigenvalue weighted by molar-refractivity contribution is 5.81. The van der Waals surface area contributed by atoms with Gasteiger partial charge in [-0.2, -0.15) is 0 Å². The summed E-state index contributed by atoms with van der Waals surface area (Å²) < 4.78 is 31.3. The van der Waals surface area contributed by atoms with Gasteiger partial charge in [-0.1, -0.05) is 0 Å². The van der Waals surface area contributed by atoms with Crippen molar-refractivity contribution in [2.24, 2.45) is 0 Å². The van der Waals surface area contributed by atoms with E-state index in [-0.39, 0.29) is 24.9 Å². The third kappa shape index (κ3) is 6.83. The summed E-state index contributed by atoms with van der Waals surface area (Å²) in [6.07, 6.45) is -0.124. The lowest BCUT2D eigenvalue weighted by molar-refractivity contribution is -0.155. The smallest absolute Gasteiger partial charge is 0.306 e. The van der Waals surface area contributed by atoms with Gasteiger partial charge in [-0.25, -0.2) is 8.78 Å². The molecule has 0 fully saturated rings. The van der Waals surface area contributed by atoms with Crippen LogP contribution in [0.15, 0.2) is 18.2 Å². The summed E-state index contributed by atoms with van der Waals surface area (Å²) in [6, 6.07) is 3.02. The van der Waals surface area contributed by atoms with Crippen molar-refractivity contribution in [3.05, 3.63) is 35.4 Å². The number of hydrogen-bond acceptors (Lipinski definition) is 3. The molecule has 0 saturated heterocycles. The Morgan fingerprint density at radius 1 is 1.19 bits per heavy atom. The molecular formula is C15H19F2NO3. The summed E-state index contributed by atoms with van der Waals surface area (Å²) in [6.45, 7) is 5.07. The summed E-state index contributed by atoms with van der Waals surface area (Å²) in [5, 5.41) is 2.43. The number of ether oxygens (including phenoxy) is 1. The van der Waals surface area contributed by atoms with Crippen LogP contribution in [0.1, 0.15) is 39.2 Å². The van der Waals surface area contributed by atoms with Crippen LogP contribution in [0.25, 0.3) is 0 Å². The van der Waals surface area contributed by atoms with Crippen molar-refractivity contribution in [2.45, 2.75) is 45.8 Å². The van der Waals surface area contributed by atoms with E-state index in [1.165, 1.54) is 0 Å². The van der Waals surface area contributed by atoms with Crippen molar-refractivity contribution < 1.29 is 23.1 Å². The minimum absolute atomic E-state index is 0.0561. The molecule has 0 spiro atoms. The van der Waals surface area contributed by atoms with Crippen LogP contribution in [0.3, 0.4) is 0 Å². The molecule has 0 unspecified atom stereocenters. The summed E-state index contributed by atoms with van der Waals surface area (Å²) in [7, 11) is 0. The predicted octanol–water partition coefficient (Wildman–Crippen LogP) is 2.70. The maximum Gasteiger partial charge on any atom is 0.306 e. The fourth-order valence-electron chi connectivity index (χ4n) is 1.57. The van der Waals surface area contributed by atoms with Gasteiger partial charge in [0.1, 0.15) is 17.2 Å². The number of carbonyl (C=O) groups is 2. The van der Waals surface area contributed by atoms with Gasteiger partial charge in [0.15, 0.2) is 0 Å². The number of rotatable bonds is 5. The van der Waals surface area contributed by atoms with Crippen molar-refractivity contribution in [3.63, 3.8) is 0 Å². The van der Waals surface area contributed by atoms with E-state index in [1.54, 1.807) is 20.8 Å². The van der Waals surface area contributed by atoms with E-state index in [4.69, 9.17) is 4.74 Å². The monoisotopic (exact) mass is 299 g/mol. The lowest BCUT2D eigenvalue weighted by Crippen LogP contribution is -2.27. The largest absolute Gasteiger partial charge is 0.460 e. The van der Waals surface area contributed by atoms with Gasteiger partial charge in [0, 0.05) is 18.5 Å². The molecule has 116 valence electrons. The Hall–Kier alpha value is -1.98. The van der Waals surface area contributed by atoms with E-state index in [0.29, 0.717) is 0 Å². The van der Waals surface area contributed by atoms with Crippen LogP contribution in [-0.2, 0) is 20.9 Å². The highest BCUT2D eigenvalue weighted by atomic mass is 19.1. The zero-order valence-corrected chi connectivity index (χ0v) is 12.3. The van der Waals surface area contributed by atoms with Crippen LogP contribution < -0.4 is 5.32 Å². The Labute approximate surface area is 122 Å². The predicted molar refractivity (Wildman–Crippen MR) is 73.3 cm³/mol. The van der Waals surface area contributed by atoms with Gasteiger partial charge in [0.2, 0.25) is 5.91 Å². The summed E-state index contributed by atoms with van der Waals surface area (Å²) in [4.78, 5) is 23.0. The molecule has 0 atom stereocenters. The summed E-state index contributed by atoms with van der Waals surface area (Å²) in [5.41, 5.74) is -0.543. The first-order valence-electron chi connectivity index (χ1n) is 6.60. The van der Waals surface area contributed by atoms with Crippen LogP contribution in [0, 0.1) is 11.6 Å². The SMILES string of the molecule is CC(C)(C)OC(=O)CCC(=O)NCc1cc(F)ccc1F. The number of hydrogen-bond donors (Lipinski definition) is 1. The molecular weight excluding hydrogens is 280 g/mol. The Bertz CT molecular complexity index is 524. The molecule has 0 saturated carbocycles. The summed E-state index contributed by atoms with van der Waals surface area (Å²) >= 11 is 0. The molecule has 1 rings (SSSR count). The van der Waals surface area contributed by atoms with Gasteiger partial charge in [-0.15, -0.1) is 0 Å². The molecule has 1 N–H and O–H groups in total. The quantitative estimate of drug-likeness (QED) is 0.851. The maximum atomic E-state index is 13.3. The number of nitrogens with one attached hydrogen (secondary N) is 1. The van der Waals surface area contributed by atoms with Crippen LogP contribution in [0.4, 0.5) is 8.78 Å². The van der Waals surface area contributed by atoms with Crippen molar-refractivity contribution in [3.8, 4) is 0 Å². The van der Waals surface area contributed by atoms with Gasteiger partial charge in [0.25, 0.3) is 0 Å². The first-order valence-corrected chi connectivity index (χ1v) is 6.60. The average Bonchev–Trinajstić information content (AvgIpc) is 2.35. The molecule has 0 radical (unpaired) electrons. The van der Waals surface area contributed by atoms with Gasteiger partial charge >= 0.3 is 5.97 Å². The molecule has 1 amide bonds. The van der Waals surface area contributed by atoms with Gasteiger partial charge in [-0.3, -0.25) is 9.59 Å². The highest BCUT2D eigenvalue weighted by Crippen LogP contribution is 2.10. The van der Waals surface area contributed by atoms with E-state index in [1.807, 2.05) is 0 Å². The first kappa shape index (κ1) is 17.1. The molecule has 0 aromatic heterocycles. The Morgan fingerprint density at radius 3 is 2.48 bits per heavy atom. The lowest BCUT2D eigenvalue weighted by atomic mass is 10.2. The molecule has 0 aliphatic carbocycles. The zero-order chi connectivity index (χ0) is 16.0. The maximum absolute atomic E-state index is 13.3. The van der Waals surface area contributed by atoms with E-state index in [2.05, 4.69) is 5.32 Å². The first-order chi connectivity index (χ1) is 9.67. The van der Waals surface area contributed by atoms with Gasteiger partial charge in [-0.05, 0) is 39.0 Å². The third-order valence-electron chi connectivity index (χ3n) is 2.46.